The Bertz CT molecular complexity index is 800. The summed E-state index contributed by atoms with van der Waals surface area (Å²) in [5.74, 6) is -1.53. The summed E-state index contributed by atoms with van der Waals surface area (Å²) in [5, 5.41) is 15.4. The van der Waals surface area contributed by atoms with Crippen LogP contribution in [0.1, 0.15) is 50.0 Å². The lowest BCUT2D eigenvalue weighted by molar-refractivity contribution is -0.146. The Morgan fingerprint density at radius 2 is 1.85 bits per heavy atom. The van der Waals surface area contributed by atoms with Crippen LogP contribution in [0.5, 0.6) is 0 Å². The molecule has 0 atom stereocenters. The van der Waals surface area contributed by atoms with E-state index in [0.717, 1.165) is 12.8 Å². The Hall–Kier alpha value is -1.94. The number of carboxylic acids is 1. The monoisotopic (exact) mass is 385 g/mol. The molecule has 0 radical (unpaired) electrons. The molecular weight excluding hydrogens is 362 g/mol. The van der Waals surface area contributed by atoms with Crippen LogP contribution in [0.25, 0.3) is 0 Å². The molecule has 10 heteroatoms. The van der Waals surface area contributed by atoms with E-state index in [4.69, 9.17) is 9.63 Å². The number of amides is 1. The summed E-state index contributed by atoms with van der Waals surface area (Å²) < 4.78 is 33.2. The zero-order chi connectivity index (χ0) is 19.1. The Morgan fingerprint density at radius 1 is 1.23 bits per heavy atom. The third-order valence-corrected chi connectivity index (χ3v) is 7.06. The summed E-state index contributed by atoms with van der Waals surface area (Å²) in [4.78, 5) is 23.7. The van der Waals surface area contributed by atoms with Gasteiger partial charge < -0.3 is 14.9 Å². The highest BCUT2D eigenvalue weighted by Gasteiger charge is 2.47. The average Bonchev–Trinajstić information content (AvgIpc) is 3.09. The first-order valence-corrected chi connectivity index (χ1v) is 10.1. The highest BCUT2D eigenvalue weighted by atomic mass is 32.2. The van der Waals surface area contributed by atoms with Gasteiger partial charge in [0.15, 0.2) is 5.76 Å². The molecule has 144 valence electrons. The molecule has 0 aliphatic heterocycles. The summed E-state index contributed by atoms with van der Waals surface area (Å²) in [5.41, 5.74) is -0.977. The number of aryl methyl sites for hydroxylation is 2. The molecule has 2 aliphatic carbocycles. The van der Waals surface area contributed by atoms with Crippen LogP contribution in [0.4, 0.5) is 0 Å². The normalized spacial score (nSPS) is 24.8. The van der Waals surface area contributed by atoms with Crippen molar-refractivity contribution in [1.82, 2.24) is 15.2 Å². The predicted molar refractivity (Wildman–Crippen MR) is 89.8 cm³/mol. The molecule has 1 heterocycles. The summed E-state index contributed by atoms with van der Waals surface area (Å²) in [6.45, 7) is 3.04. The minimum absolute atomic E-state index is 0.0360. The van der Waals surface area contributed by atoms with Gasteiger partial charge in [-0.3, -0.25) is 9.59 Å². The molecule has 3 rings (SSSR count). The Labute approximate surface area is 151 Å². The van der Waals surface area contributed by atoms with Crippen molar-refractivity contribution in [3.63, 3.8) is 0 Å². The number of rotatable bonds is 6. The van der Waals surface area contributed by atoms with E-state index in [1.54, 1.807) is 0 Å². The van der Waals surface area contributed by atoms with Crippen LogP contribution in [-0.4, -0.2) is 42.1 Å². The van der Waals surface area contributed by atoms with Crippen molar-refractivity contribution in [3.8, 4) is 0 Å². The molecule has 3 N–H and O–H groups in total. The Kier molecular flexibility index (Phi) is 4.82. The maximum Gasteiger partial charge on any atom is 0.306 e. The number of sulfonamides is 1. The number of carboxylic acid groups (broad SMARTS) is 1. The quantitative estimate of drug-likeness (QED) is 0.660. The highest BCUT2D eigenvalue weighted by molar-refractivity contribution is 7.89. The largest absolute Gasteiger partial charge is 0.481 e. The van der Waals surface area contributed by atoms with E-state index in [9.17, 15) is 18.0 Å². The van der Waals surface area contributed by atoms with E-state index in [1.165, 1.54) is 13.8 Å². The van der Waals surface area contributed by atoms with E-state index in [-0.39, 0.29) is 28.3 Å². The van der Waals surface area contributed by atoms with E-state index in [1.807, 2.05) is 0 Å². The van der Waals surface area contributed by atoms with Crippen LogP contribution in [0.3, 0.4) is 0 Å². The smallest absolute Gasteiger partial charge is 0.306 e. The molecule has 0 aromatic carbocycles. The first-order valence-electron chi connectivity index (χ1n) is 8.65. The third kappa shape index (κ3) is 3.35. The molecule has 26 heavy (non-hydrogen) atoms. The first-order chi connectivity index (χ1) is 12.1. The van der Waals surface area contributed by atoms with Gasteiger partial charge in [0, 0.05) is 6.04 Å². The van der Waals surface area contributed by atoms with Gasteiger partial charge in [0.2, 0.25) is 15.9 Å². The number of nitrogens with zero attached hydrogens (tertiary/aromatic N) is 1. The summed E-state index contributed by atoms with van der Waals surface area (Å²) in [6, 6.07) is -0.232. The lowest BCUT2D eigenvalue weighted by atomic mass is 9.80. The molecular formula is C16H23N3O6S. The third-order valence-electron chi connectivity index (χ3n) is 5.28. The van der Waals surface area contributed by atoms with Crippen LogP contribution in [0.2, 0.25) is 0 Å². The van der Waals surface area contributed by atoms with Crippen LogP contribution in [0.15, 0.2) is 9.42 Å². The van der Waals surface area contributed by atoms with Gasteiger partial charge in [0.25, 0.3) is 0 Å². The minimum atomic E-state index is -3.98. The van der Waals surface area contributed by atoms with Crippen LogP contribution >= 0.6 is 0 Å². The number of aromatic nitrogens is 1. The summed E-state index contributed by atoms with van der Waals surface area (Å²) in [7, 11) is -3.98. The first kappa shape index (κ1) is 18.8. The van der Waals surface area contributed by atoms with Gasteiger partial charge in [0.1, 0.15) is 16.1 Å². The number of hydrogen-bond acceptors (Lipinski definition) is 6. The Balaban J connectivity index is 1.76. The van der Waals surface area contributed by atoms with E-state index >= 15 is 0 Å². The van der Waals surface area contributed by atoms with Gasteiger partial charge >= 0.3 is 5.97 Å². The average molecular weight is 385 g/mol. The van der Waals surface area contributed by atoms with Crippen molar-refractivity contribution in [2.45, 2.75) is 68.8 Å². The van der Waals surface area contributed by atoms with Crippen molar-refractivity contribution < 1.29 is 27.6 Å². The number of carbonyl (C=O) groups is 2. The Morgan fingerprint density at radius 3 is 2.35 bits per heavy atom. The number of hydrogen-bond donors (Lipinski definition) is 3. The maximum atomic E-state index is 12.8. The second kappa shape index (κ2) is 6.66. The molecule has 1 aromatic rings. The van der Waals surface area contributed by atoms with Crippen LogP contribution in [0, 0.1) is 19.8 Å². The standard InChI is InChI=1S/C16H23N3O6S/c1-9-13(10(2)25-18-9)26(23,24)19-16(5-3-4-6-16)15(22)17-12-7-11(8-12)14(20)21/h11-12,19H,3-8H2,1-2H3,(H,17,22)(H,20,21). The second-order valence-electron chi connectivity index (χ2n) is 7.22. The molecule has 0 saturated heterocycles. The van der Waals surface area contributed by atoms with Crippen LogP contribution in [-0.2, 0) is 19.6 Å². The molecule has 0 unspecified atom stereocenters. The van der Waals surface area contributed by atoms with Crippen LogP contribution < -0.4 is 10.0 Å². The van der Waals surface area contributed by atoms with Crippen molar-refractivity contribution in [2.75, 3.05) is 0 Å². The predicted octanol–water partition coefficient (Wildman–Crippen LogP) is 0.862. The van der Waals surface area contributed by atoms with Crippen molar-refractivity contribution in [1.29, 1.82) is 0 Å². The number of carbonyl (C=O) groups excluding carboxylic acids is 1. The lowest BCUT2D eigenvalue weighted by Gasteiger charge is -2.36. The zero-order valence-corrected chi connectivity index (χ0v) is 15.6. The molecule has 2 aliphatic rings. The second-order valence-corrected chi connectivity index (χ2v) is 8.84. The molecule has 2 fully saturated rings. The van der Waals surface area contributed by atoms with E-state index in [2.05, 4.69) is 15.2 Å². The van der Waals surface area contributed by atoms with Gasteiger partial charge in [-0.2, -0.15) is 4.72 Å². The van der Waals surface area contributed by atoms with Gasteiger partial charge in [-0.25, -0.2) is 8.42 Å². The molecule has 9 nitrogen and oxygen atoms in total. The van der Waals surface area contributed by atoms with E-state index < -0.39 is 27.4 Å². The van der Waals surface area contributed by atoms with Gasteiger partial charge in [0.05, 0.1) is 5.92 Å². The van der Waals surface area contributed by atoms with Crippen molar-refractivity contribution in [2.24, 2.45) is 5.92 Å². The topological polar surface area (TPSA) is 139 Å². The molecule has 1 aromatic heterocycles. The SMILES string of the molecule is Cc1noc(C)c1S(=O)(=O)NC1(C(=O)NC2CC(C(=O)O)C2)CCCC1. The number of aliphatic carboxylic acids is 1. The van der Waals surface area contributed by atoms with E-state index in [0.29, 0.717) is 25.7 Å². The fraction of sp³-hybridized carbons (Fsp3) is 0.688. The highest BCUT2D eigenvalue weighted by Crippen LogP contribution is 2.34. The molecule has 0 bridgehead atoms. The van der Waals surface area contributed by atoms with Gasteiger partial charge in [-0.05, 0) is 39.5 Å². The van der Waals surface area contributed by atoms with Gasteiger partial charge in [-0.1, -0.05) is 18.0 Å². The van der Waals surface area contributed by atoms with Gasteiger partial charge in [-0.15, -0.1) is 0 Å². The lowest BCUT2D eigenvalue weighted by Crippen LogP contribution is -2.60. The van der Waals surface area contributed by atoms with Crippen molar-refractivity contribution in [3.05, 3.63) is 11.5 Å². The number of nitrogens with one attached hydrogen (secondary N) is 2. The summed E-state index contributed by atoms with van der Waals surface area (Å²) in [6.07, 6.45) is 3.01. The molecule has 0 spiro atoms. The summed E-state index contributed by atoms with van der Waals surface area (Å²) >= 11 is 0. The maximum absolute atomic E-state index is 12.8. The minimum Gasteiger partial charge on any atom is -0.481 e. The molecule has 1 amide bonds. The fourth-order valence-electron chi connectivity index (χ4n) is 3.78. The fourth-order valence-corrected chi connectivity index (χ4v) is 5.54. The molecule has 2 saturated carbocycles. The zero-order valence-electron chi connectivity index (χ0n) is 14.7. The van der Waals surface area contributed by atoms with Crippen molar-refractivity contribution >= 4 is 21.9 Å².